The fourth-order valence-corrected chi connectivity index (χ4v) is 3.62. The quantitative estimate of drug-likeness (QED) is 0.774. The summed E-state index contributed by atoms with van der Waals surface area (Å²) in [4.78, 5) is 14.8. The van der Waals surface area contributed by atoms with Crippen molar-refractivity contribution in [2.24, 2.45) is 11.7 Å². The molecule has 1 aliphatic rings. The average molecular weight is 382 g/mol. The molecule has 3 rings (SSSR count). The van der Waals surface area contributed by atoms with E-state index >= 15 is 0 Å². The van der Waals surface area contributed by atoms with Gasteiger partial charge in [0.25, 0.3) is 0 Å². The molecule has 1 aliphatic heterocycles. The third-order valence-corrected chi connectivity index (χ3v) is 5.56. The number of nitrogens with one attached hydrogen (secondary N) is 1. The second-order valence-corrected chi connectivity index (χ2v) is 7.70. The molecule has 3 N–H and O–H groups in total. The Kier molecular flexibility index (Phi) is 7.06. The lowest BCUT2D eigenvalue weighted by atomic mass is 9.96. The highest BCUT2D eigenvalue weighted by atomic mass is 16.5. The molecule has 0 aromatic heterocycles. The number of aryl methyl sites for hydroxylation is 1. The lowest BCUT2D eigenvalue weighted by Crippen LogP contribution is -2.41. The van der Waals surface area contributed by atoms with Gasteiger partial charge in [0.1, 0.15) is 11.8 Å². The van der Waals surface area contributed by atoms with Crippen LogP contribution in [0.25, 0.3) is 0 Å². The second kappa shape index (κ2) is 9.71. The van der Waals surface area contributed by atoms with E-state index in [1.165, 1.54) is 5.56 Å². The zero-order valence-electron chi connectivity index (χ0n) is 16.9. The molecule has 0 spiro atoms. The largest absolute Gasteiger partial charge is 0.497 e. The van der Waals surface area contributed by atoms with E-state index in [1.54, 1.807) is 7.11 Å². The number of likely N-dealkylation sites (tertiary alicyclic amines) is 1. The molecule has 2 aromatic rings. The van der Waals surface area contributed by atoms with E-state index in [0.717, 1.165) is 49.4 Å². The average Bonchev–Trinajstić information content (AvgIpc) is 2.73. The minimum absolute atomic E-state index is 0.0930. The van der Waals surface area contributed by atoms with Gasteiger partial charge in [-0.3, -0.25) is 9.69 Å². The number of methoxy groups -OCH3 is 1. The number of rotatable bonds is 7. The lowest BCUT2D eigenvalue weighted by molar-refractivity contribution is -0.122. The monoisotopic (exact) mass is 381 g/mol. The number of carbonyl (C=O) groups is 1. The van der Waals surface area contributed by atoms with Gasteiger partial charge < -0.3 is 15.8 Å². The van der Waals surface area contributed by atoms with Crippen molar-refractivity contribution >= 4 is 5.91 Å². The predicted octanol–water partition coefficient (Wildman–Crippen LogP) is 3.03. The van der Waals surface area contributed by atoms with Crippen molar-refractivity contribution in [3.05, 3.63) is 65.2 Å². The molecule has 150 valence electrons. The van der Waals surface area contributed by atoms with Crippen molar-refractivity contribution in [1.82, 2.24) is 10.2 Å². The molecule has 0 aliphatic carbocycles. The minimum atomic E-state index is -0.601. The summed E-state index contributed by atoms with van der Waals surface area (Å²) in [6, 6.07) is 15.5. The number of nitrogens with zero attached hydrogens (tertiary/aromatic N) is 1. The molecule has 1 saturated heterocycles. The third-order valence-electron chi connectivity index (χ3n) is 5.56. The van der Waals surface area contributed by atoms with E-state index in [2.05, 4.69) is 22.3 Å². The van der Waals surface area contributed by atoms with Gasteiger partial charge in [0, 0.05) is 13.1 Å². The van der Waals surface area contributed by atoms with Crippen LogP contribution in [0.3, 0.4) is 0 Å². The Morgan fingerprint density at radius 1 is 1.14 bits per heavy atom. The topological polar surface area (TPSA) is 67.6 Å². The summed E-state index contributed by atoms with van der Waals surface area (Å²) >= 11 is 0. The predicted molar refractivity (Wildman–Crippen MR) is 112 cm³/mol. The molecule has 5 nitrogen and oxygen atoms in total. The standard InChI is InChI=1S/C23H31N3O2/c1-17-3-7-20(8-4-17)22(24)23(27)25-15-18-11-13-26(14-12-18)16-19-5-9-21(28-2)10-6-19/h3-10,18,22H,11-16,24H2,1-2H3,(H,25,27). The maximum Gasteiger partial charge on any atom is 0.241 e. The summed E-state index contributed by atoms with van der Waals surface area (Å²) in [5, 5.41) is 3.05. The highest BCUT2D eigenvalue weighted by Gasteiger charge is 2.21. The van der Waals surface area contributed by atoms with Crippen LogP contribution in [-0.4, -0.2) is 37.6 Å². The van der Waals surface area contributed by atoms with E-state index < -0.39 is 6.04 Å². The van der Waals surface area contributed by atoms with E-state index in [-0.39, 0.29) is 5.91 Å². The van der Waals surface area contributed by atoms with Gasteiger partial charge >= 0.3 is 0 Å². The number of carbonyl (C=O) groups excluding carboxylic acids is 1. The first-order chi connectivity index (χ1) is 13.5. The van der Waals surface area contributed by atoms with E-state index in [0.29, 0.717) is 12.5 Å². The summed E-state index contributed by atoms with van der Waals surface area (Å²) in [7, 11) is 1.69. The maximum absolute atomic E-state index is 12.4. The van der Waals surface area contributed by atoms with Gasteiger partial charge in [-0.05, 0) is 62.0 Å². The van der Waals surface area contributed by atoms with Gasteiger partial charge in [0.2, 0.25) is 5.91 Å². The molecule has 1 atom stereocenters. The Bertz CT molecular complexity index is 750. The maximum atomic E-state index is 12.4. The summed E-state index contributed by atoms with van der Waals surface area (Å²) in [5.74, 6) is 1.31. The molecular weight excluding hydrogens is 350 g/mol. The van der Waals surface area contributed by atoms with Gasteiger partial charge in [-0.25, -0.2) is 0 Å². The first-order valence-electron chi connectivity index (χ1n) is 10.0. The zero-order chi connectivity index (χ0) is 19.9. The first-order valence-corrected chi connectivity index (χ1v) is 10.0. The first kappa shape index (κ1) is 20.4. The Hall–Kier alpha value is -2.37. The summed E-state index contributed by atoms with van der Waals surface area (Å²) in [6.45, 7) is 5.79. The summed E-state index contributed by atoms with van der Waals surface area (Å²) in [5.41, 5.74) is 9.43. The third kappa shape index (κ3) is 5.57. The second-order valence-electron chi connectivity index (χ2n) is 7.70. The number of piperidine rings is 1. The van der Waals surface area contributed by atoms with Crippen LogP contribution in [0.1, 0.15) is 35.6 Å². The van der Waals surface area contributed by atoms with Crippen LogP contribution >= 0.6 is 0 Å². The normalized spacial score (nSPS) is 16.5. The van der Waals surface area contributed by atoms with Crippen molar-refractivity contribution in [2.75, 3.05) is 26.7 Å². The van der Waals surface area contributed by atoms with Gasteiger partial charge in [-0.15, -0.1) is 0 Å². The number of hydrogen-bond donors (Lipinski definition) is 2. The fourth-order valence-electron chi connectivity index (χ4n) is 3.62. The molecule has 0 radical (unpaired) electrons. The van der Waals surface area contributed by atoms with Crippen LogP contribution in [0, 0.1) is 12.8 Å². The SMILES string of the molecule is COc1ccc(CN2CCC(CNC(=O)C(N)c3ccc(C)cc3)CC2)cc1. The Balaban J connectivity index is 1.40. The van der Waals surface area contributed by atoms with Crippen LogP contribution in [0.5, 0.6) is 5.75 Å². The Morgan fingerprint density at radius 2 is 1.79 bits per heavy atom. The summed E-state index contributed by atoms with van der Waals surface area (Å²) in [6.07, 6.45) is 2.19. The molecule has 0 bridgehead atoms. The molecular formula is C23H31N3O2. The van der Waals surface area contributed by atoms with Crippen molar-refractivity contribution in [1.29, 1.82) is 0 Å². The van der Waals surface area contributed by atoms with Crippen LogP contribution in [0.4, 0.5) is 0 Å². The Labute approximate surface area is 167 Å². The number of benzene rings is 2. The van der Waals surface area contributed by atoms with Crippen LogP contribution in [-0.2, 0) is 11.3 Å². The summed E-state index contributed by atoms with van der Waals surface area (Å²) < 4.78 is 5.21. The van der Waals surface area contributed by atoms with Gasteiger partial charge in [0.05, 0.1) is 7.11 Å². The molecule has 1 fully saturated rings. The van der Waals surface area contributed by atoms with Crippen LogP contribution in [0.15, 0.2) is 48.5 Å². The molecule has 1 amide bonds. The van der Waals surface area contributed by atoms with Crippen molar-refractivity contribution < 1.29 is 9.53 Å². The van der Waals surface area contributed by atoms with Crippen LogP contribution < -0.4 is 15.8 Å². The number of nitrogens with two attached hydrogens (primary N) is 1. The Morgan fingerprint density at radius 3 is 2.39 bits per heavy atom. The fraction of sp³-hybridized carbons (Fsp3) is 0.435. The smallest absolute Gasteiger partial charge is 0.241 e. The van der Waals surface area contributed by atoms with Crippen LogP contribution in [0.2, 0.25) is 0 Å². The van der Waals surface area contributed by atoms with E-state index in [9.17, 15) is 4.79 Å². The molecule has 28 heavy (non-hydrogen) atoms. The number of hydrogen-bond acceptors (Lipinski definition) is 4. The van der Waals surface area contributed by atoms with Crippen molar-refractivity contribution in [2.45, 2.75) is 32.4 Å². The van der Waals surface area contributed by atoms with Crippen molar-refractivity contribution in [3.8, 4) is 5.75 Å². The number of ether oxygens (including phenoxy) is 1. The molecule has 1 unspecified atom stereocenters. The highest BCUT2D eigenvalue weighted by molar-refractivity contribution is 5.82. The molecule has 5 heteroatoms. The van der Waals surface area contributed by atoms with E-state index in [1.807, 2.05) is 43.3 Å². The van der Waals surface area contributed by atoms with E-state index in [4.69, 9.17) is 10.5 Å². The number of amides is 1. The minimum Gasteiger partial charge on any atom is -0.497 e. The zero-order valence-corrected chi connectivity index (χ0v) is 16.9. The van der Waals surface area contributed by atoms with Gasteiger partial charge in [-0.2, -0.15) is 0 Å². The molecule has 1 heterocycles. The van der Waals surface area contributed by atoms with Gasteiger partial charge in [-0.1, -0.05) is 42.0 Å². The molecule has 2 aromatic carbocycles. The lowest BCUT2D eigenvalue weighted by Gasteiger charge is -2.32. The van der Waals surface area contributed by atoms with Crippen molar-refractivity contribution in [3.63, 3.8) is 0 Å². The highest BCUT2D eigenvalue weighted by Crippen LogP contribution is 2.20. The van der Waals surface area contributed by atoms with Gasteiger partial charge in [0.15, 0.2) is 0 Å². The molecule has 0 saturated carbocycles.